The van der Waals surface area contributed by atoms with Gasteiger partial charge in [0.15, 0.2) is 6.10 Å². The molecule has 0 bridgehead atoms. The number of para-hydroxylation sites is 1. The molecule has 4 heteroatoms. The van der Waals surface area contributed by atoms with E-state index in [1.165, 1.54) is 0 Å². The molecule has 1 unspecified atom stereocenters. The van der Waals surface area contributed by atoms with Gasteiger partial charge in [0.1, 0.15) is 5.75 Å². The maximum atomic E-state index is 11.9. The van der Waals surface area contributed by atoms with Gasteiger partial charge in [-0.3, -0.25) is 4.79 Å². The lowest BCUT2D eigenvalue weighted by molar-refractivity contribution is -0.127. The second-order valence-corrected chi connectivity index (χ2v) is 5.56. The summed E-state index contributed by atoms with van der Waals surface area (Å²) in [4.78, 5) is 11.9. The van der Waals surface area contributed by atoms with E-state index in [-0.39, 0.29) is 11.9 Å². The fraction of sp³-hybridized carbons (Fsp3) is 0.562. The SMILES string of the molecule is CC(C)CCNC(=O)C(C)Oc1ccccc1[C@H](C)N. The maximum Gasteiger partial charge on any atom is 0.260 e. The molecule has 0 fully saturated rings. The summed E-state index contributed by atoms with van der Waals surface area (Å²) in [5.41, 5.74) is 6.81. The van der Waals surface area contributed by atoms with Crippen LogP contribution in [0.1, 0.15) is 45.7 Å². The Morgan fingerprint density at radius 1 is 1.25 bits per heavy atom. The molecule has 0 aliphatic rings. The highest BCUT2D eigenvalue weighted by molar-refractivity contribution is 5.80. The van der Waals surface area contributed by atoms with Crippen LogP contribution in [0.4, 0.5) is 0 Å². The predicted octanol–water partition coefficient (Wildman–Crippen LogP) is 2.64. The molecule has 1 aromatic carbocycles. The quantitative estimate of drug-likeness (QED) is 0.806. The minimum absolute atomic E-state index is 0.0925. The molecule has 0 spiro atoms. The lowest BCUT2D eigenvalue weighted by atomic mass is 10.1. The summed E-state index contributed by atoms with van der Waals surface area (Å²) >= 11 is 0. The number of carbonyl (C=O) groups excluding carboxylic acids is 1. The molecule has 0 saturated heterocycles. The van der Waals surface area contributed by atoms with E-state index in [9.17, 15) is 4.79 Å². The number of amides is 1. The monoisotopic (exact) mass is 278 g/mol. The van der Waals surface area contributed by atoms with Crippen molar-refractivity contribution < 1.29 is 9.53 Å². The second kappa shape index (κ2) is 7.90. The van der Waals surface area contributed by atoms with Crippen LogP contribution in [0, 0.1) is 5.92 Å². The largest absolute Gasteiger partial charge is 0.481 e. The average Bonchev–Trinajstić information content (AvgIpc) is 2.38. The normalized spacial score (nSPS) is 13.9. The van der Waals surface area contributed by atoms with Crippen LogP contribution in [0.2, 0.25) is 0 Å². The van der Waals surface area contributed by atoms with Gasteiger partial charge < -0.3 is 15.8 Å². The average molecular weight is 278 g/mol. The van der Waals surface area contributed by atoms with Crippen molar-refractivity contribution in [2.45, 2.75) is 46.3 Å². The third-order valence-corrected chi connectivity index (χ3v) is 3.10. The Morgan fingerprint density at radius 3 is 2.50 bits per heavy atom. The summed E-state index contributed by atoms with van der Waals surface area (Å²) in [5, 5.41) is 2.89. The van der Waals surface area contributed by atoms with Gasteiger partial charge in [0, 0.05) is 18.2 Å². The number of hydrogen-bond acceptors (Lipinski definition) is 3. The van der Waals surface area contributed by atoms with Crippen LogP contribution in [0.3, 0.4) is 0 Å². The van der Waals surface area contributed by atoms with E-state index in [4.69, 9.17) is 10.5 Å². The van der Waals surface area contributed by atoms with E-state index in [1.807, 2.05) is 31.2 Å². The lowest BCUT2D eigenvalue weighted by Gasteiger charge is -2.18. The molecule has 1 aromatic rings. The molecule has 0 aliphatic carbocycles. The van der Waals surface area contributed by atoms with Crippen LogP contribution in [0.15, 0.2) is 24.3 Å². The molecule has 0 heterocycles. The van der Waals surface area contributed by atoms with Crippen LogP contribution < -0.4 is 15.8 Å². The van der Waals surface area contributed by atoms with Gasteiger partial charge in [-0.05, 0) is 32.3 Å². The molecule has 20 heavy (non-hydrogen) atoms. The fourth-order valence-electron chi connectivity index (χ4n) is 1.84. The first kappa shape index (κ1) is 16.5. The predicted molar refractivity (Wildman–Crippen MR) is 81.6 cm³/mol. The molecule has 112 valence electrons. The molecule has 3 N–H and O–H groups in total. The summed E-state index contributed by atoms with van der Waals surface area (Å²) in [6, 6.07) is 7.44. The summed E-state index contributed by atoms with van der Waals surface area (Å²) in [7, 11) is 0. The van der Waals surface area contributed by atoms with E-state index in [0.717, 1.165) is 12.0 Å². The third kappa shape index (κ3) is 5.21. The Balaban J connectivity index is 2.57. The van der Waals surface area contributed by atoms with Gasteiger partial charge >= 0.3 is 0 Å². The van der Waals surface area contributed by atoms with Gasteiger partial charge in [-0.2, -0.15) is 0 Å². The van der Waals surface area contributed by atoms with Crippen LogP contribution in [-0.4, -0.2) is 18.6 Å². The van der Waals surface area contributed by atoms with Crippen molar-refractivity contribution >= 4 is 5.91 Å². The zero-order valence-corrected chi connectivity index (χ0v) is 12.8. The third-order valence-electron chi connectivity index (χ3n) is 3.10. The minimum Gasteiger partial charge on any atom is -0.481 e. The summed E-state index contributed by atoms with van der Waals surface area (Å²) in [6.07, 6.45) is 0.441. The molecule has 1 rings (SSSR count). The first-order chi connectivity index (χ1) is 9.41. The summed E-state index contributed by atoms with van der Waals surface area (Å²) < 4.78 is 5.73. The van der Waals surface area contributed by atoms with E-state index in [1.54, 1.807) is 6.92 Å². The van der Waals surface area contributed by atoms with E-state index in [0.29, 0.717) is 18.2 Å². The highest BCUT2D eigenvalue weighted by Crippen LogP contribution is 2.24. The van der Waals surface area contributed by atoms with Crippen LogP contribution in [0.25, 0.3) is 0 Å². The molecular formula is C16H26N2O2. The molecule has 0 aromatic heterocycles. The van der Waals surface area contributed by atoms with E-state index < -0.39 is 6.10 Å². The molecule has 0 radical (unpaired) electrons. The summed E-state index contributed by atoms with van der Waals surface area (Å²) in [5.74, 6) is 1.16. The first-order valence-corrected chi connectivity index (χ1v) is 7.20. The highest BCUT2D eigenvalue weighted by Gasteiger charge is 2.16. The number of hydrogen-bond donors (Lipinski definition) is 2. The van der Waals surface area contributed by atoms with Gasteiger partial charge in [0.25, 0.3) is 5.91 Å². The molecular weight excluding hydrogens is 252 g/mol. The van der Waals surface area contributed by atoms with Crippen molar-refractivity contribution in [3.8, 4) is 5.75 Å². The highest BCUT2D eigenvalue weighted by atomic mass is 16.5. The van der Waals surface area contributed by atoms with Gasteiger partial charge in [0.2, 0.25) is 0 Å². The van der Waals surface area contributed by atoms with Crippen molar-refractivity contribution in [1.82, 2.24) is 5.32 Å². The van der Waals surface area contributed by atoms with Gasteiger partial charge in [-0.25, -0.2) is 0 Å². The number of rotatable bonds is 7. The zero-order chi connectivity index (χ0) is 15.1. The Kier molecular flexibility index (Phi) is 6.52. The molecule has 1 amide bonds. The minimum atomic E-state index is -0.526. The van der Waals surface area contributed by atoms with E-state index in [2.05, 4.69) is 19.2 Å². The molecule has 4 nitrogen and oxygen atoms in total. The lowest BCUT2D eigenvalue weighted by Crippen LogP contribution is -2.37. The van der Waals surface area contributed by atoms with Gasteiger partial charge in [-0.15, -0.1) is 0 Å². The molecule has 0 aliphatic heterocycles. The van der Waals surface area contributed by atoms with Crippen LogP contribution in [0.5, 0.6) is 5.75 Å². The van der Waals surface area contributed by atoms with Crippen LogP contribution in [-0.2, 0) is 4.79 Å². The number of carbonyl (C=O) groups is 1. The number of nitrogens with one attached hydrogen (secondary N) is 1. The van der Waals surface area contributed by atoms with Gasteiger partial charge in [0.05, 0.1) is 0 Å². The van der Waals surface area contributed by atoms with Gasteiger partial charge in [-0.1, -0.05) is 32.0 Å². The molecule has 0 saturated carbocycles. The number of benzene rings is 1. The Labute approximate surface area is 121 Å². The Bertz CT molecular complexity index is 430. The van der Waals surface area contributed by atoms with Crippen molar-refractivity contribution in [2.24, 2.45) is 11.7 Å². The zero-order valence-electron chi connectivity index (χ0n) is 12.8. The standard InChI is InChI=1S/C16H26N2O2/c1-11(2)9-10-18-16(19)13(4)20-15-8-6-5-7-14(15)12(3)17/h5-8,11-13H,9-10,17H2,1-4H3,(H,18,19)/t12-,13?/m0/s1. The van der Waals surface area contributed by atoms with E-state index >= 15 is 0 Å². The second-order valence-electron chi connectivity index (χ2n) is 5.56. The molecule has 2 atom stereocenters. The number of ether oxygens (including phenoxy) is 1. The van der Waals surface area contributed by atoms with Crippen LogP contribution >= 0.6 is 0 Å². The first-order valence-electron chi connectivity index (χ1n) is 7.20. The van der Waals surface area contributed by atoms with Crippen molar-refractivity contribution in [3.05, 3.63) is 29.8 Å². The van der Waals surface area contributed by atoms with Crippen molar-refractivity contribution in [2.75, 3.05) is 6.54 Å². The van der Waals surface area contributed by atoms with Crippen molar-refractivity contribution in [3.63, 3.8) is 0 Å². The smallest absolute Gasteiger partial charge is 0.260 e. The Morgan fingerprint density at radius 2 is 1.90 bits per heavy atom. The summed E-state index contributed by atoms with van der Waals surface area (Å²) in [6.45, 7) is 8.59. The fourth-order valence-corrected chi connectivity index (χ4v) is 1.84. The number of nitrogens with two attached hydrogens (primary N) is 1. The maximum absolute atomic E-state index is 11.9. The topological polar surface area (TPSA) is 64.3 Å². The van der Waals surface area contributed by atoms with Crippen molar-refractivity contribution in [1.29, 1.82) is 0 Å². The Hall–Kier alpha value is -1.55.